The van der Waals surface area contributed by atoms with E-state index in [2.05, 4.69) is 119 Å². The Morgan fingerprint density at radius 3 is 2.21 bits per heavy atom. The summed E-state index contributed by atoms with van der Waals surface area (Å²) in [6.07, 6.45) is 10.7. The second-order valence-electron chi connectivity index (χ2n) is 13.5. The van der Waals surface area contributed by atoms with Gasteiger partial charge in [-0.2, -0.15) is 11.3 Å². The normalized spacial score (nSPS) is 13.5. The Morgan fingerprint density at radius 2 is 1.48 bits per heavy atom. The first-order chi connectivity index (χ1) is 23.0. The van der Waals surface area contributed by atoms with Crippen molar-refractivity contribution in [2.24, 2.45) is 0 Å². The van der Waals surface area contributed by atoms with Gasteiger partial charge in [-0.25, -0.2) is 0 Å². The van der Waals surface area contributed by atoms with E-state index in [1.54, 1.807) is 0 Å². The van der Waals surface area contributed by atoms with Crippen LogP contribution in [0.2, 0.25) is 17.3 Å². The summed E-state index contributed by atoms with van der Waals surface area (Å²) in [5, 5.41) is 2.62. The molecule has 1 saturated carbocycles. The first kappa shape index (κ1) is 34.5. The molecule has 3 heterocycles. The van der Waals surface area contributed by atoms with Crippen LogP contribution in [-0.2, 0) is 20.1 Å². The molecule has 0 bridgehead atoms. The molecule has 2 nitrogen and oxygen atoms in total. The molecule has 0 saturated heterocycles. The standard InChI is InChI=1S/C29H24NS.C14H16GeN.Ir/c1-3-9-20(10-4-1)22-17-18-30-27(19-22)26-16-8-15-25-24-14-7-13-23(28(24)31-29(25)26)21-11-5-2-6-12-21;1-15(2,3)13-9-10-14(16-11-13)12-7-5-4-6-8-12;/h2,5-8,11-15,17-20H,1,3-4,9-10H2;4-7,9-11H,1-3H3;/q2*-1;. The fourth-order valence-electron chi connectivity index (χ4n) is 6.62. The third-order valence-corrected chi connectivity index (χ3v) is 14.8. The number of benzene rings is 4. The van der Waals surface area contributed by atoms with Crippen LogP contribution < -0.4 is 4.40 Å². The van der Waals surface area contributed by atoms with Crippen LogP contribution in [0.5, 0.6) is 0 Å². The Morgan fingerprint density at radius 1 is 0.688 bits per heavy atom. The third kappa shape index (κ3) is 7.58. The topological polar surface area (TPSA) is 25.8 Å². The molecule has 5 heteroatoms. The maximum atomic E-state index is 4.78. The molecule has 48 heavy (non-hydrogen) atoms. The molecule has 4 aromatic carbocycles. The number of pyridine rings is 2. The van der Waals surface area contributed by atoms with Crippen LogP contribution in [0.1, 0.15) is 43.6 Å². The van der Waals surface area contributed by atoms with Crippen molar-refractivity contribution in [3.05, 3.63) is 139 Å². The van der Waals surface area contributed by atoms with Crippen LogP contribution in [0.4, 0.5) is 0 Å². The average Bonchev–Trinajstić information content (AvgIpc) is 3.52. The Kier molecular flexibility index (Phi) is 11.1. The van der Waals surface area contributed by atoms with Crippen LogP contribution in [-0.4, -0.2) is 23.2 Å². The SMILES string of the molecule is [CH3][Ge]([CH3])([CH3])[c]1ccc(-c2[c-]cccc2)nc1.[Ir].[c-]1ccc2c(sc3c(-c4ccccc4)cccc32)c1-c1cc(C2CCCCC2)ccn1. The summed E-state index contributed by atoms with van der Waals surface area (Å²) in [6.45, 7) is 0. The van der Waals surface area contributed by atoms with Gasteiger partial charge in [-0.3, -0.25) is 0 Å². The van der Waals surface area contributed by atoms with E-state index in [1.807, 2.05) is 48.0 Å². The number of hydrogen-bond acceptors (Lipinski definition) is 3. The first-order valence-corrected chi connectivity index (χ1v) is 24.9. The quantitative estimate of drug-likeness (QED) is 0.127. The molecule has 3 aromatic heterocycles. The molecule has 1 aliphatic rings. The van der Waals surface area contributed by atoms with E-state index in [0.29, 0.717) is 5.92 Å². The number of hydrogen-bond donors (Lipinski definition) is 0. The van der Waals surface area contributed by atoms with Crippen molar-refractivity contribution in [1.82, 2.24) is 9.97 Å². The van der Waals surface area contributed by atoms with Gasteiger partial charge in [0, 0.05) is 31.0 Å². The maximum Gasteiger partial charge on any atom is 0.0318 e. The van der Waals surface area contributed by atoms with E-state index < -0.39 is 13.3 Å². The zero-order valence-electron chi connectivity index (χ0n) is 27.8. The van der Waals surface area contributed by atoms with Gasteiger partial charge in [-0.05, 0) is 51.7 Å². The number of fused-ring (bicyclic) bond motifs is 3. The van der Waals surface area contributed by atoms with Crippen LogP contribution in [0, 0.1) is 12.1 Å². The van der Waals surface area contributed by atoms with E-state index in [9.17, 15) is 0 Å². The van der Waals surface area contributed by atoms with Crippen molar-refractivity contribution in [3.63, 3.8) is 0 Å². The van der Waals surface area contributed by atoms with Crippen molar-refractivity contribution < 1.29 is 20.1 Å². The summed E-state index contributed by atoms with van der Waals surface area (Å²) < 4.78 is 4.07. The summed E-state index contributed by atoms with van der Waals surface area (Å²) >= 11 is 0.159. The molecule has 0 atom stereocenters. The minimum Gasteiger partial charge on any atom is -0.305 e. The van der Waals surface area contributed by atoms with E-state index in [1.165, 1.54) is 73.4 Å². The minimum atomic E-state index is -1.72. The number of rotatable bonds is 5. The summed E-state index contributed by atoms with van der Waals surface area (Å²) in [4.78, 5) is 9.31. The zero-order valence-corrected chi connectivity index (χ0v) is 33.1. The van der Waals surface area contributed by atoms with Crippen LogP contribution >= 0.6 is 11.3 Å². The van der Waals surface area contributed by atoms with E-state index in [0.717, 1.165) is 22.5 Å². The van der Waals surface area contributed by atoms with Crippen molar-refractivity contribution in [3.8, 4) is 33.6 Å². The molecule has 0 unspecified atom stereocenters. The van der Waals surface area contributed by atoms with Gasteiger partial charge in [0.1, 0.15) is 0 Å². The summed E-state index contributed by atoms with van der Waals surface area (Å²) in [5.41, 5.74) is 8.28. The van der Waals surface area contributed by atoms with Gasteiger partial charge < -0.3 is 4.98 Å². The van der Waals surface area contributed by atoms with Crippen molar-refractivity contribution >= 4 is 49.2 Å². The molecule has 0 N–H and O–H groups in total. The van der Waals surface area contributed by atoms with E-state index in [4.69, 9.17) is 4.98 Å². The van der Waals surface area contributed by atoms with E-state index >= 15 is 0 Å². The number of aromatic nitrogens is 2. The van der Waals surface area contributed by atoms with Crippen LogP contribution in [0.3, 0.4) is 0 Å². The first-order valence-electron chi connectivity index (χ1n) is 16.8. The number of nitrogens with zero attached hydrogens (tertiary/aromatic N) is 2. The predicted molar refractivity (Wildman–Crippen MR) is 204 cm³/mol. The Hall–Kier alpha value is -3.41. The molecule has 1 fully saturated rings. The van der Waals surface area contributed by atoms with Gasteiger partial charge in [-0.15, -0.1) is 23.8 Å². The molecular formula is C43H40GeIrN2S-2. The summed E-state index contributed by atoms with van der Waals surface area (Å²) in [7, 11) is 0. The second kappa shape index (κ2) is 15.4. The molecule has 1 radical (unpaired) electrons. The maximum absolute atomic E-state index is 4.78. The van der Waals surface area contributed by atoms with Crippen LogP contribution in [0.25, 0.3) is 53.8 Å². The predicted octanol–water partition coefficient (Wildman–Crippen LogP) is 11.7. The molecule has 1 aliphatic carbocycles. The largest absolute Gasteiger partial charge is 0.305 e. The molecule has 8 rings (SSSR count). The summed E-state index contributed by atoms with van der Waals surface area (Å²) in [6, 6.07) is 45.2. The van der Waals surface area contributed by atoms with Crippen molar-refractivity contribution in [1.29, 1.82) is 0 Å². The second-order valence-corrected chi connectivity index (χ2v) is 25.2. The van der Waals surface area contributed by atoms with Crippen molar-refractivity contribution in [2.45, 2.75) is 55.3 Å². The van der Waals surface area contributed by atoms with Gasteiger partial charge in [0.15, 0.2) is 0 Å². The molecule has 0 aliphatic heterocycles. The minimum absolute atomic E-state index is 0. The average molecular weight is 882 g/mol. The molecule has 0 spiro atoms. The van der Waals surface area contributed by atoms with Gasteiger partial charge in [0.05, 0.1) is 0 Å². The van der Waals surface area contributed by atoms with Crippen molar-refractivity contribution in [2.75, 3.05) is 0 Å². The smallest absolute Gasteiger partial charge is 0.0318 e. The fourth-order valence-corrected chi connectivity index (χ4v) is 10.1. The molecule has 7 aromatic rings. The van der Waals surface area contributed by atoms with Gasteiger partial charge >= 0.3 is 99.8 Å². The van der Waals surface area contributed by atoms with Gasteiger partial charge in [0.2, 0.25) is 0 Å². The van der Waals surface area contributed by atoms with Gasteiger partial charge in [-0.1, -0.05) is 84.8 Å². The third-order valence-electron chi connectivity index (χ3n) is 9.27. The van der Waals surface area contributed by atoms with Gasteiger partial charge in [0.25, 0.3) is 0 Å². The van der Waals surface area contributed by atoms with E-state index in [-0.39, 0.29) is 20.1 Å². The Labute approximate surface area is 305 Å². The molecule has 0 amide bonds. The summed E-state index contributed by atoms with van der Waals surface area (Å²) in [5.74, 6) is 7.82. The molecular weight excluding hydrogens is 841 g/mol. The zero-order chi connectivity index (χ0) is 32.2. The Balaban J connectivity index is 0.000000201. The molecule has 243 valence electrons. The fraction of sp³-hybridized carbons (Fsp3) is 0.209. The van der Waals surface area contributed by atoms with Crippen LogP contribution in [0.15, 0.2) is 122 Å². The number of thiophene rings is 1. The monoisotopic (exact) mass is 883 g/mol. The Bertz CT molecular complexity index is 2100.